The minimum Gasteiger partial charge on any atom is -0.369 e. The van der Waals surface area contributed by atoms with Gasteiger partial charge in [0, 0.05) is 19.0 Å². The topological polar surface area (TPSA) is 37.8 Å². The Hall–Kier alpha value is -0.640. The molecule has 1 aromatic heterocycles. The molecule has 0 unspecified atom stereocenters. The number of nitrogens with one attached hydrogen (secondary N) is 1. The fraction of sp³-hybridized carbons (Fsp3) is 0.692. The standard InChI is InChI=1S/C13H20BrN3/c1-3-11-16-10(14)8-12(17-11)15-9-13(4-2)6-5-7-13/h8H,3-7,9H2,1-2H3,(H,15,16,17). The molecule has 1 N–H and O–H groups in total. The number of rotatable bonds is 5. The van der Waals surface area contributed by atoms with Crippen LogP contribution in [0.4, 0.5) is 5.82 Å². The second-order valence-electron chi connectivity index (χ2n) is 4.91. The Labute approximate surface area is 112 Å². The van der Waals surface area contributed by atoms with Crippen LogP contribution in [0.25, 0.3) is 0 Å². The lowest BCUT2D eigenvalue weighted by Gasteiger charge is -2.41. The summed E-state index contributed by atoms with van der Waals surface area (Å²) in [4.78, 5) is 8.81. The van der Waals surface area contributed by atoms with E-state index in [9.17, 15) is 0 Å². The Morgan fingerprint density at radius 3 is 2.65 bits per heavy atom. The lowest BCUT2D eigenvalue weighted by atomic mass is 9.67. The molecule has 1 heterocycles. The maximum absolute atomic E-state index is 4.50. The zero-order valence-corrected chi connectivity index (χ0v) is 12.2. The van der Waals surface area contributed by atoms with Gasteiger partial charge < -0.3 is 5.32 Å². The van der Waals surface area contributed by atoms with Crippen molar-refractivity contribution >= 4 is 21.7 Å². The van der Waals surface area contributed by atoms with E-state index < -0.39 is 0 Å². The highest BCUT2D eigenvalue weighted by atomic mass is 79.9. The van der Waals surface area contributed by atoms with Crippen LogP contribution in [0.15, 0.2) is 10.7 Å². The van der Waals surface area contributed by atoms with Crippen molar-refractivity contribution in [1.29, 1.82) is 0 Å². The van der Waals surface area contributed by atoms with Crippen LogP contribution in [-0.4, -0.2) is 16.5 Å². The van der Waals surface area contributed by atoms with Gasteiger partial charge in [-0.25, -0.2) is 9.97 Å². The largest absolute Gasteiger partial charge is 0.369 e. The van der Waals surface area contributed by atoms with Gasteiger partial charge in [0.2, 0.25) is 0 Å². The molecule has 0 aliphatic heterocycles. The normalized spacial score (nSPS) is 17.6. The Balaban J connectivity index is 2.01. The lowest BCUT2D eigenvalue weighted by molar-refractivity contribution is 0.145. The van der Waals surface area contributed by atoms with Gasteiger partial charge in [-0.1, -0.05) is 20.3 Å². The van der Waals surface area contributed by atoms with Crippen LogP contribution in [-0.2, 0) is 6.42 Å². The highest BCUT2D eigenvalue weighted by Gasteiger charge is 2.34. The summed E-state index contributed by atoms with van der Waals surface area (Å²) in [5, 5.41) is 3.47. The molecule has 3 nitrogen and oxygen atoms in total. The van der Waals surface area contributed by atoms with Crippen molar-refractivity contribution < 1.29 is 0 Å². The number of aryl methyl sites for hydroxylation is 1. The molecule has 0 amide bonds. The summed E-state index contributed by atoms with van der Waals surface area (Å²) in [5.41, 5.74) is 0.518. The Morgan fingerprint density at radius 1 is 1.35 bits per heavy atom. The fourth-order valence-electron chi connectivity index (χ4n) is 2.32. The predicted molar refractivity (Wildman–Crippen MR) is 74.2 cm³/mol. The Kier molecular flexibility index (Phi) is 4.02. The zero-order valence-electron chi connectivity index (χ0n) is 10.6. The lowest BCUT2D eigenvalue weighted by Crippen LogP contribution is -2.36. The smallest absolute Gasteiger partial charge is 0.131 e. The molecule has 1 aromatic rings. The van der Waals surface area contributed by atoms with Crippen LogP contribution in [0, 0.1) is 5.41 Å². The van der Waals surface area contributed by atoms with Gasteiger partial charge in [0.25, 0.3) is 0 Å². The number of anilines is 1. The fourth-order valence-corrected chi connectivity index (χ4v) is 2.75. The van der Waals surface area contributed by atoms with Crippen LogP contribution >= 0.6 is 15.9 Å². The number of aromatic nitrogens is 2. The van der Waals surface area contributed by atoms with Gasteiger partial charge in [0.1, 0.15) is 16.2 Å². The van der Waals surface area contributed by atoms with E-state index >= 15 is 0 Å². The summed E-state index contributed by atoms with van der Waals surface area (Å²) in [6, 6.07) is 1.96. The van der Waals surface area contributed by atoms with Gasteiger partial charge in [-0.3, -0.25) is 0 Å². The van der Waals surface area contributed by atoms with Gasteiger partial charge in [0.15, 0.2) is 0 Å². The maximum atomic E-state index is 4.50. The average Bonchev–Trinajstić information content (AvgIpc) is 2.27. The van der Waals surface area contributed by atoms with E-state index in [-0.39, 0.29) is 0 Å². The third-order valence-electron chi connectivity index (χ3n) is 3.87. The highest BCUT2D eigenvalue weighted by Crippen LogP contribution is 2.43. The number of hydrogen-bond donors (Lipinski definition) is 1. The average molecular weight is 298 g/mol. The van der Waals surface area contributed by atoms with E-state index in [4.69, 9.17) is 0 Å². The first-order chi connectivity index (χ1) is 8.17. The molecule has 0 aromatic carbocycles. The van der Waals surface area contributed by atoms with Crippen molar-refractivity contribution in [3.05, 3.63) is 16.5 Å². The van der Waals surface area contributed by atoms with Crippen molar-refractivity contribution in [2.24, 2.45) is 5.41 Å². The Morgan fingerprint density at radius 2 is 2.12 bits per heavy atom. The van der Waals surface area contributed by atoms with Crippen LogP contribution in [0.3, 0.4) is 0 Å². The molecular formula is C13H20BrN3. The van der Waals surface area contributed by atoms with Crippen molar-refractivity contribution in [3.8, 4) is 0 Å². The van der Waals surface area contributed by atoms with Gasteiger partial charge in [-0.15, -0.1) is 0 Å². The van der Waals surface area contributed by atoms with E-state index in [1.807, 2.05) is 6.07 Å². The van der Waals surface area contributed by atoms with Crippen molar-refractivity contribution in [2.75, 3.05) is 11.9 Å². The van der Waals surface area contributed by atoms with Gasteiger partial charge in [-0.05, 0) is 40.6 Å². The van der Waals surface area contributed by atoms with E-state index in [0.717, 1.165) is 29.2 Å². The van der Waals surface area contributed by atoms with Gasteiger partial charge in [-0.2, -0.15) is 0 Å². The summed E-state index contributed by atoms with van der Waals surface area (Å²) in [7, 11) is 0. The molecule has 17 heavy (non-hydrogen) atoms. The molecule has 2 rings (SSSR count). The highest BCUT2D eigenvalue weighted by molar-refractivity contribution is 9.10. The van der Waals surface area contributed by atoms with E-state index in [0.29, 0.717) is 5.41 Å². The molecule has 4 heteroatoms. The third-order valence-corrected chi connectivity index (χ3v) is 4.27. The molecule has 0 spiro atoms. The van der Waals surface area contributed by atoms with E-state index in [1.54, 1.807) is 0 Å². The van der Waals surface area contributed by atoms with Crippen LogP contribution < -0.4 is 5.32 Å². The van der Waals surface area contributed by atoms with E-state index in [1.165, 1.54) is 25.7 Å². The van der Waals surface area contributed by atoms with Crippen LogP contribution in [0.1, 0.15) is 45.4 Å². The van der Waals surface area contributed by atoms with Gasteiger partial charge >= 0.3 is 0 Å². The van der Waals surface area contributed by atoms with Crippen molar-refractivity contribution in [3.63, 3.8) is 0 Å². The van der Waals surface area contributed by atoms with Crippen LogP contribution in [0.2, 0.25) is 0 Å². The summed E-state index contributed by atoms with van der Waals surface area (Å²) < 4.78 is 0.867. The Bertz CT molecular complexity index is 383. The quantitative estimate of drug-likeness (QED) is 0.840. The first-order valence-corrected chi connectivity index (χ1v) is 7.24. The summed E-state index contributed by atoms with van der Waals surface area (Å²) in [6.07, 6.45) is 6.20. The molecule has 0 bridgehead atoms. The van der Waals surface area contributed by atoms with Crippen LogP contribution in [0.5, 0.6) is 0 Å². The van der Waals surface area contributed by atoms with Crippen molar-refractivity contribution in [2.45, 2.75) is 46.0 Å². The monoisotopic (exact) mass is 297 g/mol. The SMILES string of the molecule is CCc1nc(Br)cc(NCC2(CC)CCC2)n1. The molecule has 1 aliphatic carbocycles. The molecule has 1 aliphatic rings. The number of halogens is 1. The van der Waals surface area contributed by atoms with Gasteiger partial charge in [0.05, 0.1) is 0 Å². The minimum atomic E-state index is 0.518. The zero-order chi connectivity index (χ0) is 12.3. The second-order valence-corrected chi connectivity index (χ2v) is 5.72. The summed E-state index contributed by atoms with van der Waals surface area (Å²) in [6.45, 7) is 5.40. The third kappa shape index (κ3) is 2.97. The molecule has 0 atom stereocenters. The second kappa shape index (κ2) is 5.34. The number of hydrogen-bond acceptors (Lipinski definition) is 3. The molecular weight excluding hydrogens is 278 g/mol. The molecule has 0 saturated heterocycles. The summed E-state index contributed by atoms with van der Waals surface area (Å²) >= 11 is 3.43. The molecule has 1 saturated carbocycles. The first kappa shape index (κ1) is 12.8. The molecule has 0 radical (unpaired) electrons. The predicted octanol–water partition coefficient (Wildman–Crippen LogP) is 3.79. The summed E-state index contributed by atoms with van der Waals surface area (Å²) in [5.74, 6) is 1.84. The van der Waals surface area contributed by atoms with Crippen molar-refractivity contribution in [1.82, 2.24) is 9.97 Å². The maximum Gasteiger partial charge on any atom is 0.131 e. The molecule has 94 valence electrons. The van der Waals surface area contributed by atoms with E-state index in [2.05, 4.69) is 45.1 Å². The minimum absolute atomic E-state index is 0.518. The molecule has 1 fully saturated rings. The number of nitrogens with zero attached hydrogens (tertiary/aromatic N) is 2. The first-order valence-electron chi connectivity index (χ1n) is 6.45.